The topological polar surface area (TPSA) is 52.6 Å². The van der Waals surface area contributed by atoms with Gasteiger partial charge >= 0.3 is 11.9 Å². The molecule has 0 amide bonds. The van der Waals surface area contributed by atoms with Crippen LogP contribution in [0.5, 0.6) is 0 Å². The van der Waals surface area contributed by atoms with E-state index in [-0.39, 0.29) is 11.9 Å². The second-order valence-corrected chi connectivity index (χ2v) is 6.82. The number of carbonyl (C=O) groups excluding carboxylic acids is 2. The summed E-state index contributed by atoms with van der Waals surface area (Å²) >= 11 is 0. The molecule has 22 heavy (non-hydrogen) atoms. The molecule has 0 radical (unpaired) electrons. The van der Waals surface area contributed by atoms with Crippen molar-refractivity contribution in [2.24, 2.45) is 35.5 Å². The van der Waals surface area contributed by atoms with Crippen molar-refractivity contribution < 1.29 is 19.1 Å². The Morgan fingerprint density at radius 3 is 1.73 bits per heavy atom. The molecule has 4 nitrogen and oxygen atoms in total. The molecule has 0 N–H and O–H groups in total. The van der Waals surface area contributed by atoms with Gasteiger partial charge in [-0.2, -0.15) is 0 Å². The van der Waals surface area contributed by atoms with E-state index < -0.39 is 0 Å². The number of ether oxygens (including phenoxy) is 2. The van der Waals surface area contributed by atoms with Crippen LogP contribution in [0, 0.1) is 35.5 Å². The first-order valence-corrected chi connectivity index (χ1v) is 8.24. The van der Waals surface area contributed by atoms with Crippen LogP contribution in [0.15, 0.2) is 25.3 Å². The van der Waals surface area contributed by atoms with E-state index in [1.807, 2.05) is 0 Å². The van der Waals surface area contributed by atoms with Gasteiger partial charge in [-0.3, -0.25) is 0 Å². The van der Waals surface area contributed by atoms with Gasteiger partial charge in [0.25, 0.3) is 0 Å². The minimum atomic E-state index is -0.368. The Morgan fingerprint density at radius 1 is 0.864 bits per heavy atom. The molecule has 0 aliphatic heterocycles. The van der Waals surface area contributed by atoms with Crippen molar-refractivity contribution in [3.05, 3.63) is 25.3 Å². The molecule has 0 heterocycles. The lowest BCUT2D eigenvalue weighted by molar-refractivity contribution is -0.145. The summed E-state index contributed by atoms with van der Waals surface area (Å²) in [5.74, 6) is 2.68. The smallest absolute Gasteiger partial charge is 0.330 e. The average Bonchev–Trinajstić information content (AvgIpc) is 3.21. The van der Waals surface area contributed by atoms with Crippen LogP contribution in [-0.4, -0.2) is 25.2 Å². The Hall–Kier alpha value is -1.58. The number of carbonyl (C=O) groups is 2. The first kappa shape index (κ1) is 15.3. The highest BCUT2D eigenvalue weighted by atomic mass is 16.5. The van der Waals surface area contributed by atoms with E-state index in [0.717, 1.165) is 11.8 Å². The van der Waals surface area contributed by atoms with Crippen LogP contribution < -0.4 is 0 Å². The highest BCUT2D eigenvalue weighted by Crippen LogP contribution is 2.63. The molecule has 3 aliphatic carbocycles. The van der Waals surface area contributed by atoms with Crippen molar-refractivity contribution in [3.63, 3.8) is 0 Å². The predicted molar refractivity (Wildman–Crippen MR) is 81.7 cm³/mol. The van der Waals surface area contributed by atoms with E-state index in [1.165, 1.54) is 37.8 Å². The van der Waals surface area contributed by atoms with Gasteiger partial charge in [-0.25, -0.2) is 9.59 Å². The van der Waals surface area contributed by atoms with E-state index in [0.29, 0.717) is 36.9 Å². The van der Waals surface area contributed by atoms with Crippen LogP contribution in [0.4, 0.5) is 0 Å². The summed E-state index contributed by atoms with van der Waals surface area (Å²) in [6, 6.07) is 0. The van der Waals surface area contributed by atoms with E-state index in [2.05, 4.69) is 13.2 Å². The zero-order valence-corrected chi connectivity index (χ0v) is 12.9. The molecule has 0 aromatic rings. The second-order valence-electron chi connectivity index (χ2n) is 6.82. The lowest BCUT2D eigenvalue weighted by atomic mass is 9.70. The molecule has 3 rings (SSSR count). The molecule has 0 aromatic carbocycles. The third-order valence-corrected chi connectivity index (χ3v) is 6.09. The Kier molecular flexibility index (Phi) is 4.37. The first-order valence-electron chi connectivity index (χ1n) is 8.24. The summed E-state index contributed by atoms with van der Waals surface area (Å²) in [5.41, 5.74) is 0. The van der Waals surface area contributed by atoms with Crippen molar-refractivity contribution in [1.29, 1.82) is 0 Å². The fourth-order valence-electron chi connectivity index (χ4n) is 5.33. The number of rotatable bonds is 6. The van der Waals surface area contributed by atoms with E-state index in [9.17, 15) is 9.59 Å². The van der Waals surface area contributed by atoms with Gasteiger partial charge in [0.15, 0.2) is 0 Å². The molecule has 3 saturated carbocycles. The standard InChI is InChI=1S/C18H24O4/c1-3-17(19)21-9-15-13-8-14(12-7-5-6-11(12)13)16(15)10-22-18(20)4-2/h3-4,11-16H,1-2,5-10H2/t11-,12-,13-,14+,15-,16+/m0/s1. The Bertz CT molecular complexity index is 441. The normalized spacial score (nSPS) is 38.4. The molecule has 120 valence electrons. The Morgan fingerprint density at radius 2 is 1.32 bits per heavy atom. The maximum Gasteiger partial charge on any atom is 0.330 e. The highest BCUT2D eigenvalue weighted by Gasteiger charge is 2.59. The van der Waals surface area contributed by atoms with Gasteiger partial charge in [0.2, 0.25) is 0 Å². The summed E-state index contributed by atoms with van der Waals surface area (Å²) in [7, 11) is 0. The van der Waals surface area contributed by atoms with Gasteiger partial charge in [0.05, 0.1) is 13.2 Å². The summed E-state index contributed by atoms with van der Waals surface area (Å²) in [4.78, 5) is 22.8. The molecular formula is C18H24O4. The molecule has 0 saturated heterocycles. The minimum absolute atomic E-state index is 0.311. The lowest BCUT2D eigenvalue weighted by Gasteiger charge is -2.37. The number of esters is 2. The van der Waals surface area contributed by atoms with Crippen molar-refractivity contribution in [3.8, 4) is 0 Å². The average molecular weight is 304 g/mol. The monoisotopic (exact) mass is 304 g/mol. The molecule has 3 fully saturated rings. The number of hydrogen-bond acceptors (Lipinski definition) is 4. The SMILES string of the molecule is C=CC(=O)OC[C@@H]1[C@H](COC(=O)C=C)[C@@H]2C[C@H]1[C@H]1CCC[C@@H]12. The van der Waals surface area contributed by atoms with E-state index >= 15 is 0 Å². The van der Waals surface area contributed by atoms with Crippen LogP contribution in [0.25, 0.3) is 0 Å². The fraction of sp³-hybridized carbons (Fsp3) is 0.667. The van der Waals surface area contributed by atoms with Crippen LogP contribution >= 0.6 is 0 Å². The summed E-state index contributed by atoms with van der Waals surface area (Å²) < 4.78 is 10.6. The zero-order valence-electron chi connectivity index (χ0n) is 12.9. The van der Waals surface area contributed by atoms with Gasteiger partial charge in [-0.1, -0.05) is 19.6 Å². The van der Waals surface area contributed by atoms with Crippen LogP contribution in [-0.2, 0) is 19.1 Å². The highest BCUT2D eigenvalue weighted by molar-refractivity contribution is 5.81. The summed E-state index contributed by atoms with van der Waals surface area (Å²) in [6.45, 7) is 7.73. The minimum Gasteiger partial charge on any atom is -0.462 e. The molecule has 0 spiro atoms. The van der Waals surface area contributed by atoms with Crippen LogP contribution in [0.1, 0.15) is 25.7 Å². The predicted octanol–water partition coefficient (Wildman–Crippen LogP) is 2.74. The van der Waals surface area contributed by atoms with Gasteiger partial charge in [0, 0.05) is 24.0 Å². The molecular weight excluding hydrogens is 280 g/mol. The van der Waals surface area contributed by atoms with Crippen molar-refractivity contribution >= 4 is 11.9 Å². The van der Waals surface area contributed by atoms with Gasteiger partial charge in [-0.05, 0) is 42.9 Å². The third-order valence-electron chi connectivity index (χ3n) is 6.09. The molecule has 0 unspecified atom stereocenters. The zero-order chi connectivity index (χ0) is 15.7. The fourth-order valence-corrected chi connectivity index (χ4v) is 5.33. The second kappa shape index (κ2) is 6.27. The largest absolute Gasteiger partial charge is 0.462 e. The van der Waals surface area contributed by atoms with Gasteiger partial charge < -0.3 is 9.47 Å². The first-order chi connectivity index (χ1) is 10.7. The van der Waals surface area contributed by atoms with Crippen molar-refractivity contribution in [2.45, 2.75) is 25.7 Å². The molecule has 0 aromatic heterocycles. The maximum absolute atomic E-state index is 11.4. The van der Waals surface area contributed by atoms with Crippen LogP contribution in [0.2, 0.25) is 0 Å². The van der Waals surface area contributed by atoms with Crippen LogP contribution in [0.3, 0.4) is 0 Å². The molecule has 3 aliphatic rings. The third kappa shape index (κ3) is 2.59. The quantitative estimate of drug-likeness (QED) is 0.559. The van der Waals surface area contributed by atoms with E-state index in [4.69, 9.17) is 9.47 Å². The maximum atomic E-state index is 11.4. The van der Waals surface area contributed by atoms with E-state index in [1.54, 1.807) is 0 Å². The van der Waals surface area contributed by atoms with Gasteiger partial charge in [-0.15, -0.1) is 0 Å². The summed E-state index contributed by atoms with van der Waals surface area (Å²) in [6.07, 6.45) is 7.52. The Labute approximate surface area is 131 Å². The number of fused-ring (bicyclic) bond motifs is 5. The van der Waals surface area contributed by atoms with Crippen molar-refractivity contribution in [1.82, 2.24) is 0 Å². The number of hydrogen-bond donors (Lipinski definition) is 0. The molecule has 2 bridgehead atoms. The van der Waals surface area contributed by atoms with Crippen molar-refractivity contribution in [2.75, 3.05) is 13.2 Å². The molecule has 4 heteroatoms. The summed E-state index contributed by atoms with van der Waals surface area (Å²) in [5, 5.41) is 0. The lowest BCUT2D eigenvalue weighted by Crippen LogP contribution is -2.38. The molecule has 6 atom stereocenters. The van der Waals surface area contributed by atoms with Gasteiger partial charge in [0.1, 0.15) is 0 Å². The Balaban J connectivity index is 1.69.